The maximum atomic E-state index is 11.2. The van der Waals surface area contributed by atoms with Crippen LogP contribution in [0.1, 0.15) is 27.2 Å². The molecule has 68 valence electrons. The molecule has 1 atom stereocenters. The lowest BCUT2D eigenvalue weighted by Crippen LogP contribution is -2.41. The fourth-order valence-electron chi connectivity index (χ4n) is 1.34. The van der Waals surface area contributed by atoms with E-state index in [0.717, 1.165) is 18.7 Å². The van der Waals surface area contributed by atoms with Gasteiger partial charge in [-0.2, -0.15) is 0 Å². The Balaban J connectivity index is 2.70. The predicted octanol–water partition coefficient (Wildman–Crippen LogP) is 0.992. The van der Waals surface area contributed by atoms with Crippen LogP contribution in [0.25, 0.3) is 0 Å². The molecule has 0 bridgehead atoms. The van der Waals surface area contributed by atoms with E-state index in [1.807, 2.05) is 20.8 Å². The summed E-state index contributed by atoms with van der Waals surface area (Å²) in [7, 11) is 0. The van der Waals surface area contributed by atoms with Crippen LogP contribution in [-0.4, -0.2) is 24.2 Å². The Kier molecular flexibility index (Phi) is 2.84. The van der Waals surface area contributed by atoms with Crippen molar-refractivity contribution in [3.8, 4) is 0 Å². The summed E-state index contributed by atoms with van der Waals surface area (Å²) in [5.41, 5.74) is 1.05. The van der Waals surface area contributed by atoms with E-state index < -0.39 is 0 Å². The van der Waals surface area contributed by atoms with Crippen molar-refractivity contribution in [1.29, 1.82) is 0 Å². The average molecular weight is 168 g/mol. The lowest BCUT2D eigenvalue weighted by Gasteiger charge is -2.21. The van der Waals surface area contributed by atoms with Gasteiger partial charge in [-0.3, -0.25) is 9.79 Å². The van der Waals surface area contributed by atoms with Crippen molar-refractivity contribution in [3.05, 3.63) is 0 Å². The highest BCUT2D eigenvalue weighted by Crippen LogP contribution is 2.09. The van der Waals surface area contributed by atoms with Gasteiger partial charge in [-0.25, -0.2) is 0 Å². The van der Waals surface area contributed by atoms with Gasteiger partial charge in [0.1, 0.15) is 0 Å². The van der Waals surface area contributed by atoms with Gasteiger partial charge in [0.25, 0.3) is 0 Å². The van der Waals surface area contributed by atoms with Gasteiger partial charge in [0.15, 0.2) is 0 Å². The van der Waals surface area contributed by atoms with Gasteiger partial charge in [0.05, 0.1) is 5.92 Å². The normalized spacial score (nSPS) is 27.8. The van der Waals surface area contributed by atoms with Gasteiger partial charge in [0.2, 0.25) is 5.91 Å². The molecule has 1 aliphatic rings. The van der Waals surface area contributed by atoms with Crippen LogP contribution in [0.3, 0.4) is 0 Å². The summed E-state index contributed by atoms with van der Waals surface area (Å²) in [5.74, 6) is 0.0850. The first-order valence-electron chi connectivity index (χ1n) is 4.45. The highest BCUT2D eigenvalue weighted by molar-refractivity contribution is 6.05. The van der Waals surface area contributed by atoms with E-state index in [1.165, 1.54) is 0 Å². The molecule has 0 unspecified atom stereocenters. The molecular weight excluding hydrogens is 152 g/mol. The van der Waals surface area contributed by atoms with E-state index in [-0.39, 0.29) is 11.8 Å². The summed E-state index contributed by atoms with van der Waals surface area (Å²) < 4.78 is 0. The summed E-state index contributed by atoms with van der Waals surface area (Å²) in [4.78, 5) is 15.6. The number of nitrogens with one attached hydrogen (secondary N) is 1. The van der Waals surface area contributed by atoms with Crippen molar-refractivity contribution in [2.75, 3.05) is 6.54 Å². The monoisotopic (exact) mass is 168 g/mol. The second kappa shape index (κ2) is 3.70. The van der Waals surface area contributed by atoms with E-state index in [2.05, 4.69) is 10.3 Å². The zero-order valence-electron chi connectivity index (χ0n) is 7.92. The number of carbonyl (C=O) groups is 1. The van der Waals surface area contributed by atoms with Crippen LogP contribution < -0.4 is 5.32 Å². The van der Waals surface area contributed by atoms with E-state index >= 15 is 0 Å². The Morgan fingerprint density at radius 1 is 1.58 bits per heavy atom. The maximum Gasteiger partial charge on any atom is 0.228 e. The van der Waals surface area contributed by atoms with Crippen LogP contribution in [0.4, 0.5) is 0 Å². The second-order valence-corrected chi connectivity index (χ2v) is 3.48. The third-order valence-corrected chi connectivity index (χ3v) is 2.00. The molecule has 3 heteroatoms. The third-order valence-electron chi connectivity index (χ3n) is 2.00. The second-order valence-electron chi connectivity index (χ2n) is 3.48. The molecule has 1 aliphatic heterocycles. The molecule has 1 rings (SSSR count). The molecule has 1 fully saturated rings. The molecule has 12 heavy (non-hydrogen) atoms. The molecule has 0 aliphatic carbocycles. The van der Waals surface area contributed by atoms with E-state index in [9.17, 15) is 4.79 Å². The van der Waals surface area contributed by atoms with Crippen LogP contribution in [0, 0.1) is 5.92 Å². The Hall–Kier alpha value is -0.860. The van der Waals surface area contributed by atoms with Crippen LogP contribution in [0.5, 0.6) is 0 Å². The molecule has 0 saturated carbocycles. The molecule has 0 aromatic rings. The quantitative estimate of drug-likeness (QED) is 0.623. The van der Waals surface area contributed by atoms with Gasteiger partial charge in [0, 0.05) is 24.7 Å². The number of aliphatic imine (C=N–C) groups is 1. The van der Waals surface area contributed by atoms with Gasteiger partial charge in [-0.1, -0.05) is 0 Å². The molecule has 1 saturated heterocycles. The number of nitrogens with zero attached hydrogens (tertiary/aromatic N) is 1. The van der Waals surface area contributed by atoms with Crippen molar-refractivity contribution in [2.24, 2.45) is 10.9 Å². The standard InChI is InChI=1S/C9H16N2O/c1-6(2)11-8-4-5-10-9(12)7(8)3/h6-7H,4-5H2,1-3H3,(H,10,12)/t7-/m0/s1. The molecule has 0 radical (unpaired) electrons. The molecule has 0 spiro atoms. The van der Waals surface area contributed by atoms with Crippen LogP contribution in [0.2, 0.25) is 0 Å². The molecule has 1 heterocycles. The highest BCUT2D eigenvalue weighted by Gasteiger charge is 2.23. The smallest absolute Gasteiger partial charge is 0.228 e. The number of hydrogen-bond donors (Lipinski definition) is 1. The average Bonchev–Trinajstić information content (AvgIpc) is 1.98. The zero-order valence-corrected chi connectivity index (χ0v) is 7.92. The Morgan fingerprint density at radius 3 is 2.83 bits per heavy atom. The van der Waals surface area contributed by atoms with Gasteiger partial charge in [-0.15, -0.1) is 0 Å². The van der Waals surface area contributed by atoms with E-state index in [1.54, 1.807) is 0 Å². The maximum absolute atomic E-state index is 11.2. The molecule has 1 N–H and O–H groups in total. The number of rotatable bonds is 1. The first-order valence-corrected chi connectivity index (χ1v) is 4.45. The minimum atomic E-state index is -0.0267. The summed E-state index contributed by atoms with van der Waals surface area (Å²) in [5, 5.41) is 2.82. The van der Waals surface area contributed by atoms with Crippen molar-refractivity contribution in [3.63, 3.8) is 0 Å². The Bertz CT molecular complexity index is 209. The molecule has 0 aromatic carbocycles. The minimum Gasteiger partial charge on any atom is -0.355 e. The van der Waals surface area contributed by atoms with E-state index in [4.69, 9.17) is 0 Å². The topological polar surface area (TPSA) is 41.5 Å². The van der Waals surface area contributed by atoms with Crippen LogP contribution in [-0.2, 0) is 4.79 Å². The number of amides is 1. The molecule has 3 nitrogen and oxygen atoms in total. The van der Waals surface area contributed by atoms with Crippen molar-refractivity contribution < 1.29 is 4.79 Å². The fourth-order valence-corrected chi connectivity index (χ4v) is 1.34. The van der Waals surface area contributed by atoms with Crippen molar-refractivity contribution >= 4 is 11.6 Å². The first-order chi connectivity index (χ1) is 5.61. The fraction of sp³-hybridized carbons (Fsp3) is 0.778. The van der Waals surface area contributed by atoms with E-state index in [0.29, 0.717) is 6.04 Å². The predicted molar refractivity (Wildman–Crippen MR) is 49.4 cm³/mol. The van der Waals surface area contributed by atoms with Gasteiger partial charge in [-0.05, 0) is 20.8 Å². The number of hydrogen-bond acceptors (Lipinski definition) is 2. The number of piperidine rings is 1. The van der Waals surface area contributed by atoms with Gasteiger partial charge < -0.3 is 5.32 Å². The Morgan fingerprint density at radius 2 is 2.25 bits per heavy atom. The summed E-state index contributed by atoms with van der Waals surface area (Å²) in [6.07, 6.45) is 0.908. The summed E-state index contributed by atoms with van der Waals surface area (Å²) in [6.45, 7) is 6.73. The van der Waals surface area contributed by atoms with Gasteiger partial charge >= 0.3 is 0 Å². The largest absolute Gasteiger partial charge is 0.355 e. The minimum absolute atomic E-state index is 0.0267. The lowest BCUT2D eigenvalue weighted by atomic mass is 9.98. The summed E-state index contributed by atoms with van der Waals surface area (Å²) >= 11 is 0. The summed E-state index contributed by atoms with van der Waals surface area (Å²) in [6, 6.07) is 0.299. The molecular formula is C9H16N2O. The zero-order chi connectivity index (χ0) is 9.14. The van der Waals surface area contributed by atoms with Crippen LogP contribution in [0.15, 0.2) is 4.99 Å². The van der Waals surface area contributed by atoms with Crippen molar-refractivity contribution in [2.45, 2.75) is 33.2 Å². The molecule has 0 aromatic heterocycles. The lowest BCUT2D eigenvalue weighted by molar-refractivity contribution is -0.123. The molecule has 1 amide bonds. The highest BCUT2D eigenvalue weighted by atomic mass is 16.1. The Labute approximate surface area is 73.3 Å². The first kappa shape index (κ1) is 9.23. The van der Waals surface area contributed by atoms with Crippen molar-refractivity contribution in [1.82, 2.24) is 5.32 Å². The van der Waals surface area contributed by atoms with Crippen LogP contribution >= 0.6 is 0 Å². The number of carbonyl (C=O) groups excluding carboxylic acids is 1. The SMILES string of the molecule is CC(C)N=C1CCNC(=O)[C@H]1C. The third kappa shape index (κ3) is 2.06.